The monoisotopic (exact) mass is 646 g/mol. The van der Waals surface area contributed by atoms with Crippen molar-refractivity contribution in [2.24, 2.45) is 46.2 Å². The van der Waals surface area contributed by atoms with Crippen LogP contribution in [0.5, 0.6) is 0 Å². The van der Waals surface area contributed by atoms with Crippen LogP contribution in [-0.2, 0) is 23.9 Å². The van der Waals surface area contributed by atoms with E-state index in [4.69, 9.17) is 10.5 Å². The van der Waals surface area contributed by atoms with E-state index in [1.807, 2.05) is 34.6 Å². The number of ether oxygens (including phenoxy) is 1. The van der Waals surface area contributed by atoms with Crippen molar-refractivity contribution in [3.05, 3.63) is 0 Å². The molecule has 0 aromatic carbocycles. The van der Waals surface area contributed by atoms with Crippen LogP contribution in [0.15, 0.2) is 0 Å². The number of primary amides is 1. The number of carbonyl (C=O) groups is 6. The first-order valence-corrected chi connectivity index (χ1v) is 16.8. The van der Waals surface area contributed by atoms with Crippen LogP contribution in [0.3, 0.4) is 0 Å². The Morgan fingerprint density at radius 3 is 2.13 bits per heavy atom. The summed E-state index contributed by atoms with van der Waals surface area (Å²) in [5.74, 6) is -2.21. The van der Waals surface area contributed by atoms with Crippen LogP contribution < -0.4 is 27.0 Å². The molecule has 2 unspecified atom stereocenters. The van der Waals surface area contributed by atoms with E-state index in [-0.39, 0.29) is 35.7 Å². The number of urea groups is 1. The van der Waals surface area contributed by atoms with E-state index in [0.717, 1.165) is 32.1 Å². The molecule has 3 aliphatic carbocycles. The summed E-state index contributed by atoms with van der Waals surface area (Å²) < 4.78 is 5.35. The predicted octanol–water partition coefficient (Wildman–Crippen LogP) is 2.07. The van der Waals surface area contributed by atoms with Crippen molar-refractivity contribution < 1.29 is 33.5 Å². The third-order valence-corrected chi connectivity index (χ3v) is 10.6. The van der Waals surface area contributed by atoms with Gasteiger partial charge in [0, 0.05) is 13.1 Å². The predicted molar refractivity (Wildman–Crippen MR) is 170 cm³/mol. The number of amides is 6. The zero-order valence-corrected chi connectivity index (χ0v) is 28.4. The van der Waals surface area contributed by atoms with E-state index in [1.54, 1.807) is 0 Å². The topological polar surface area (TPSA) is 189 Å². The van der Waals surface area contributed by atoms with Crippen molar-refractivity contribution in [1.82, 2.24) is 26.2 Å². The molecule has 1 heterocycles. The summed E-state index contributed by atoms with van der Waals surface area (Å²) in [7, 11) is 0. The van der Waals surface area contributed by atoms with Crippen LogP contribution >= 0.6 is 0 Å². The molecule has 4 aliphatic rings. The number of fused-ring (bicyclic) bond motifs is 1. The summed E-state index contributed by atoms with van der Waals surface area (Å²) in [6.07, 6.45) is 4.87. The molecule has 13 nitrogen and oxygen atoms in total. The summed E-state index contributed by atoms with van der Waals surface area (Å²) in [5.41, 5.74) is 4.41. The molecule has 0 bridgehead atoms. The molecule has 3 saturated carbocycles. The van der Waals surface area contributed by atoms with Crippen molar-refractivity contribution in [2.45, 2.75) is 111 Å². The van der Waals surface area contributed by atoms with Gasteiger partial charge in [-0.15, -0.1) is 0 Å². The van der Waals surface area contributed by atoms with Gasteiger partial charge in [0.2, 0.25) is 17.6 Å². The first kappa shape index (κ1) is 35.5. The second-order valence-electron chi connectivity index (χ2n) is 15.9. The molecule has 258 valence electrons. The number of likely N-dealkylation sites (tertiary alicyclic amines) is 1. The Bertz CT molecular complexity index is 1210. The lowest BCUT2D eigenvalue weighted by atomic mass is 9.80. The van der Waals surface area contributed by atoms with E-state index >= 15 is 0 Å². The molecule has 6 N–H and O–H groups in total. The van der Waals surface area contributed by atoms with Gasteiger partial charge in [-0.3, -0.25) is 19.2 Å². The maximum atomic E-state index is 14.2. The molecule has 4 fully saturated rings. The zero-order valence-electron chi connectivity index (χ0n) is 28.4. The van der Waals surface area contributed by atoms with Crippen molar-refractivity contribution in [3.8, 4) is 0 Å². The summed E-state index contributed by atoms with van der Waals surface area (Å²) in [4.78, 5) is 79.6. The minimum Gasteiger partial charge on any atom is -0.447 e. The Hall–Kier alpha value is -3.38. The van der Waals surface area contributed by atoms with Crippen molar-refractivity contribution in [3.63, 3.8) is 0 Å². The van der Waals surface area contributed by atoms with E-state index in [2.05, 4.69) is 35.1 Å². The molecule has 4 rings (SSSR count). The van der Waals surface area contributed by atoms with Crippen LogP contribution in [-0.4, -0.2) is 84.4 Å². The summed E-state index contributed by atoms with van der Waals surface area (Å²) in [6.45, 7) is 14.3. The van der Waals surface area contributed by atoms with Crippen molar-refractivity contribution >= 4 is 35.6 Å². The van der Waals surface area contributed by atoms with E-state index in [9.17, 15) is 28.8 Å². The quantitative estimate of drug-likeness (QED) is 0.179. The van der Waals surface area contributed by atoms with Crippen molar-refractivity contribution in [2.75, 3.05) is 19.7 Å². The number of piperidine rings is 1. The lowest BCUT2D eigenvalue weighted by Crippen LogP contribution is -2.62. The highest BCUT2D eigenvalue weighted by Crippen LogP contribution is 2.65. The molecule has 0 aromatic rings. The van der Waals surface area contributed by atoms with Crippen LogP contribution in [0.1, 0.15) is 87.0 Å². The third kappa shape index (κ3) is 8.31. The average molecular weight is 647 g/mol. The fourth-order valence-electron chi connectivity index (χ4n) is 6.86. The van der Waals surface area contributed by atoms with Gasteiger partial charge in [0.05, 0.1) is 12.1 Å². The fourth-order valence-corrected chi connectivity index (χ4v) is 6.86. The maximum absolute atomic E-state index is 14.2. The number of rotatable bonds is 14. The first-order chi connectivity index (χ1) is 21.4. The Morgan fingerprint density at radius 2 is 1.61 bits per heavy atom. The molecule has 1 aliphatic heterocycles. The largest absolute Gasteiger partial charge is 0.447 e. The highest BCUT2D eigenvalue weighted by molar-refractivity contribution is 6.37. The van der Waals surface area contributed by atoms with Gasteiger partial charge in [-0.25, -0.2) is 9.59 Å². The number of alkyl carbamates (subject to hydrolysis) is 1. The number of ketones is 1. The molecule has 6 atom stereocenters. The van der Waals surface area contributed by atoms with Gasteiger partial charge in [0.25, 0.3) is 5.91 Å². The van der Waals surface area contributed by atoms with Crippen LogP contribution in [0.25, 0.3) is 0 Å². The minimum atomic E-state index is -1.10. The van der Waals surface area contributed by atoms with Gasteiger partial charge in [0.15, 0.2) is 0 Å². The molecule has 13 heteroatoms. The van der Waals surface area contributed by atoms with Gasteiger partial charge in [-0.1, -0.05) is 67.7 Å². The average Bonchev–Trinajstić information content (AvgIpc) is 3.80. The Kier molecular flexibility index (Phi) is 10.6. The number of carbonyl (C=O) groups excluding carboxylic acids is 6. The standard InChI is InChI=1S/C33H54N6O7/c1-17(2)22(16-46-31(45)35-14-19-11-12-19)37-30(44)38-26(32(3,4)5)29(43)39-15-20-23(33(20,6)7)24(39)28(42)36-21(25(40)27(34)41)13-18-9-8-10-18/h17-24,26H,8-16H2,1-7H3,(H2,34,41)(H,35,45)(H,36,42)(H2,37,38,44)/t20-,21?,22?,23-,24-,26+/m0/s1. The molecule has 46 heavy (non-hydrogen) atoms. The summed E-state index contributed by atoms with van der Waals surface area (Å²) in [5, 5.41) is 11.2. The van der Waals surface area contributed by atoms with Gasteiger partial charge < -0.3 is 36.6 Å². The number of Topliss-reactive ketones (excluding diaryl/α,β-unsaturated/α-hetero) is 1. The molecular formula is C33H54N6O7. The number of nitrogens with zero attached hydrogens (tertiary/aromatic N) is 1. The third-order valence-electron chi connectivity index (χ3n) is 10.6. The fraction of sp³-hybridized carbons (Fsp3) is 0.818. The second kappa shape index (κ2) is 13.8. The lowest BCUT2D eigenvalue weighted by molar-refractivity contribution is -0.145. The SMILES string of the molecule is CC(C)C(COC(=O)NCC1CC1)NC(=O)N[C@H](C(=O)N1C[C@H]2[C@@H]([C@H]1C(=O)NC(CC1CCC1)C(=O)C(N)=O)C2(C)C)C(C)(C)C. The number of hydrogen-bond donors (Lipinski definition) is 5. The molecule has 0 radical (unpaired) electrons. The van der Waals surface area contributed by atoms with Crippen molar-refractivity contribution in [1.29, 1.82) is 0 Å². The molecular weight excluding hydrogens is 592 g/mol. The van der Waals surface area contributed by atoms with Gasteiger partial charge >= 0.3 is 12.1 Å². The normalized spacial score (nSPS) is 25.3. The number of nitrogens with one attached hydrogen (secondary N) is 4. The van der Waals surface area contributed by atoms with Crippen LogP contribution in [0, 0.1) is 40.4 Å². The van der Waals surface area contributed by atoms with E-state index in [0.29, 0.717) is 25.4 Å². The highest BCUT2D eigenvalue weighted by atomic mass is 16.5. The maximum Gasteiger partial charge on any atom is 0.407 e. The number of nitrogens with two attached hydrogens (primary N) is 1. The zero-order chi connectivity index (χ0) is 34.1. The Balaban J connectivity index is 1.44. The smallest absolute Gasteiger partial charge is 0.407 e. The summed E-state index contributed by atoms with van der Waals surface area (Å²) >= 11 is 0. The van der Waals surface area contributed by atoms with Gasteiger partial charge in [0.1, 0.15) is 18.7 Å². The van der Waals surface area contributed by atoms with Gasteiger partial charge in [-0.05, 0) is 59.7 Å². The molecule has 6 amide bonds. The van der Waals surface area contributed by atoms with Gasteiger partial charge in [-0.2, -0.15) is 0 Å². The van der Waals surface area contributed by atoms with Crippen LogP contribution in [0.2, 0.25) is 0 Å². The Labute approximate surface area is 272 Å². The lowest BCUT2D eigenvalue weighted by Gasteiger charge is -2.38. The van der Waals surface area contributed by atoms with E-state index < -0.39 is 65.2 Å². The molecule has 0 spiro atoms. The minimum absolute atomic E-state index is 0.0332. The molecule has 0 aromatic heterocycles. The highest BCUT2D eigenvalue weighted by Gasteiger charge is 2.70. The summed E-state index contributed by atoms with van der Waals surface area (Å²) in [6, 6.07) is -3.99. The Morgan fingerprint density at radius 1 is 0.957 bits per heavy atom. The first-order valence-electron chi connectivity index (χ1n) is 16.8. The van der Waals surface area contributed by atoms with E-state index in [1.165, 1.54) is 4.90 Å². The number of hydrogen-bond acceptors (Lipinski definition) is 7. The molecule has 1 saturated heterocycles. The second-order valence-corrected chi connectivity index (χ2v) is 15.9. The van der Waals surface area contributed by atoms with Crippen LogP contribution in [0.4, 0.5) is 9.59 Å².